The molecule has 0 unspecified atom stereocenters. The standard InChI is InChI=1S/C21H20N2O4S/c1-23(11-15-6-8-16(9-7-15)21(25)26-2)20(24)17-4-3-5-19(10-17)27-12-18-13-28-14-22-18/h3-10,13-14H,11-12H2,1-2H3. The molecular weight excluding hydrogens is 376 g/mol. The molecule has 0 N–H and O–H groups in total. The Kier molecular flexibility index (Phi) is 6.39. The Bertz CT molecular complexity index is 939. The van der Waals surface area contributed by atoms with Gasteiger partial charge < -0.3 is 14.4 Å². The van der Waals surface area contributed by atoms with E-state index in [1.807, 2.05) is 23.6 Å². The molecule has 0 aliphatic carbocycles. The number of methoxy groups -OCH3 is 1. The Morgan fingerprint density at radius 2 is 1.89 bits per heavy atom. The molecule has 0 aliphatic heterocycles. The van der Waals surface area contributed by atoms with Gasteiger partial charge >= 0.3 is 5.97 Å². The van der Waals surface area contributed by atoms with Crippen molar-refractivity contribution in [2.75, 3.05) is 14.2 Å². The third-order valence-corrected chi connectivity index (χ3v) is 4.73. The third-order valence-electron chi connectivity index (χ3n) is 4.09. The average molecular weight is 396 g/mol. The number of thiazole rings is 1. The number of ether oxygens (including phenoxy) is 2. The number of amides is 1. The smallest absolute Gasteiger partial charge is 0.337 e. The van der Waals surface area contributed by atoms with E-state index in [2.05, 4.69) is 9.72 Å². The third kappa shape index (κ3) is 4.95. The molecule has 1 heterocycles. The highest BCUT2D eigenvalue weighted by atomic mass is 32.1. The van der Waals surface area contributed by atoms with Crippen molar-refractivity contribution < 1.29 is 19.1 Å². The lowest BCUT2D eigenvalue weighted by molar-refractivity contribution is 0.0600. The van der Waals surface area contributed by atoms with Crippen LogP contribution in [0.2, 0.25) is 0 Å². The van der Waals surface area contributed by atoms with Crippen LogP contribution in [0, 0.1) is 0 Å². The quantitative estimate of drug-likeness (QED) is 0.569. The van der Waals surface area contributed by atoms with Gasteiger partial charge in [0.1, 0.15) is 12.4 Å². The fraction of sp³-hybridized carbons (Fsp3) is 0.190. The van der Waals surface area contributed by atoms with Gasteiger partial charge in [-0.2, -0.15) is 0 Å². The first-order valence-corrected chi connectivity index (χ1v) is 9.54. The Hall–Kier alpha value is -3.19. The maximum Gasteiger partial charge on any atom is 0.337 e. The maximum atomic E-state index is 12.7. The fourth-order valence-corrected chi connectivity index (χ4v) is 3.16. The van der Waals surface area contributed by atoms with Crippen LogP contribution in [0.15, 0.2) is 59.4 Å². The Morgan fingerprint density at radius 3 is 2.57 bits per heavy atom. The summed E-state index contributed by atoms with van der Waals surface area (Å²) in [6.45, 7) is 0.785. The summed E-state index contributed by atoms with van der Waals surface area (Å²) in [6.07, 6.45) is 0. The summed E-state index contributed by atoms with van der Waals surface area (Å²) in [6, 6.07) is 14.1. The number of benzene rings is 2. The number of carbonyl (C=O) groups excluding carboxylic acids is 2. The van der Waals surface area contributed by atoms with Gasteiger partial charge in [-0.05, 0) is 35.9 Å². The van der Waals surface area contributed by atoms with E-state index >= 15 is 0 Å². The number of aromatic nitrogens is 1. The molecule has 3 rings (SSSR count). The molecule has 0 radical (unpaired) electrons. The minimum atomic E-state index is -0.384. The lowest BCUT2D eigenvalue weighted by Gasteiger charge is -2.18. The van der Waals surface area contributed by atoms with Crippen LogP contribution >= 0.6 is 11.3 Å². The molecule has 0 saturated heterocycles. The second-order valence-corrected chi connectivity index (χ2v) is 6.86. The molecule has 1 amide bonds. The van der Waals surface area contributed by atoms with Crippen molar-refractivity contribution >= 4 is 23.2 Å². The van der Waals surface area contributed by atoms with Crippen molar-refractivity contribution in [3.05, 3.63) is 81.8 Å². The minimum absolute atomic E-state index is 0.115. The van der Waals surface area contributed by atoms with Crippen molar-refractivity contribution in [3.63, 3.8) is 0 Å². The van der Waals surface area contributed by atoms with E-state index in [-0.39, 0.29) is 11.9 Å². The topological polar surface area (TPSA) is 68.7 Å². The summed E-state index contributed by atoms with van der Waals surface area (Å²) in [4.78, 5) is 30.0. The first kappa shape index (κ1) is 19.6. The first-order chi connectivity index (χ1) is 13.6. The molecule has 0 saturated carbocycles. The summed E-state index contributed by atoms with van der Waals surface area (Å²) < 4.78 is 10.4. The van der Waals surface area contributed by atoms with Gasteiger partial charge in [-0.1, -0.05) is 18.2 Å². The Balaban J connectivity index is 1.62. The zero-order valence-corrected chi connectivity index (χ0v) is 16.4. The Labute approximate surface area is 167 Å². The summed E-state index contributed by atoms with van der Waals surface area (Å²) in [7, 11) is 3.08. The van der Waals surface area contributed by atoms with Gasteiger partial charge in [-0.3, -0.25) is 4.79 Å². The van der Waals surface area contributed by atoms with E-state index in [4.69, 9.17) is 4.74 Å². The van der Waals surface area contributed by atoms with Crippen molar-refractivity contribution in [3.8, 4) is 5.75 Å². The molecule has 0 atom stereocenters. The van der Waals surface area contributed by atoms with E-state index in [1.165, 1.54) is 18.4 Å². The van der Waals surface area contributed by atoms with Crippen LogP contribution in [-0.4, -0.2) is 35.9 Å². The fourth-order valence-electron chi connectivity index (χ4n) is 2.62. The first-order valence-electron chi connectivity index (χ1n) is 8.59. The second-order valence-electron chi connectivity index (χ2n) is 6.15. The van der Waals surface area contributed by atoms with Gasteiger partial charge in [0.25, 0.3) is 5.91 Å². The summed E-state index contributed by atoms with van der Waals surface area (Å²) >= 11 is 1.51. The van der Waals surface area contributed by atoms with E-state index in [1.54, 1.807) is 47.8 Å². The number of hydrogen-bond acceptors (Lipinski definition) is 6. The normalized spacial score (nSPS) is 10.4. The molecule has 6 nitrogen and oxygen atoms in total. The number of esters is 1. The van der Waals surface area contributed by atoms with Gasteiger partial charge in [0.2, 0.25) is 0 Å². The zero-order chi connectivity index (χ0) is 19.9. The second kappa shape index (κ2) is 9.14. The van der Waals surface area contributed by atoms with Crippen molar-refractivity contribution in [2.45, 2.75) is 13.2 Å². The van der Waals surface area contributed by atoms with Crippen LogP contribution in [0.25, 0.3) is 0 Å². The predicted molar refractivity (Wildman–Crippen MR) is 106 cm³/mol. The summed E-state index contributed by atoms with van der Waals surface area (Å²) in [5.74, 6) is 0.122. The van der Waals surface area contributed by atoms with E-state index < -0.39 is 0 Å². The van der Waals surface area contributed by atoms with E-state index in [0.29, 0.717) is 30.0 Å². The molecule has 144 valence electrons. The molecule has 2 aromatic carbocycles. The average Bonchev–Trinajstić information content (AvgIpc) is 3.25. The lowest BCUT2D eigenvalue weighted by atomic mass is 10.1. The molecule has 7 heteroatoms. The van der Waals surface area contributed by atoms with Gasteiger partial charge in [-0.25, -0.2) is 9.78 Å². The van der Waals surface area contributed by atoms with Crippen LogP contribution in [0.3, 0.4) is 0 Å². The predicted octanol–water partition coefficient (Wildman–Crippen LogP) is 3.78. The zero-order valence-electron chi connectivity index (χ0n) is 15.6. The molecule has 1 aromatic heterocycles. The largest absolute Gasteiger partial charge is 0.487 e. The van der Waals surface area contributed by atoms with Crippen molar-refractivity contribution in [1.29, 1.82) is 0 Å². The van der Waals surface area contributed by atoms with Crippen LogP contribution in [0.4, 0.5) is 0 Å². The molecule has 3 aromatic rings. The van der Waals surface area contributed by atoms with Gasteiger partial charge in [0, 0.05) is 24.5 Å². The molecule has 0 spiro atoms. The number of rotatable bonds is 7. The number of nitrogens with zero attached hydrogens (tertiary/aromatic N) is 2. The molecule has 28 heavy (non-hydrogen) atoms. The number of hydrogen-bond donors (Lipinski definition) is 0. The highest BCUT2D eigenvalue weighted by molar-refractivity contribution is 7.07. The van der Waals surface area contributed by atoms with Crippen molar-refractivity contribution in [1.82, 2.24) is 9.88 Å². The molecule has 0 bridgehead atoms. The maximum absolute atomic E-state index is 12.7. The highest BCUT2D eigenvalue weighted by Gasteiger charge is 2.14. The van der Waals surface area contributed by atoms with Gasteiger partial charge in [-0.15, -0.1) is 11.3 Å². The van der Waals surface area contributed by atoms with Crippen LogP contribution in [-0.2, 0) is 17.9 Å². The van der Waals surface area contributed by atoms with Crippen LogP contribution in [0.5, 0.6) is 5.75 Å². The van der Waals surface area contributed by atoms with E-state index in [0.717, 1.165) is 11.3 Å². The van der Waals surface area contributed by atoms with Crippen LogP contribution in [0.1, 0.15) is 32.0 Å². The van der Waals surface area contributed by atoms with Crippen LogP contribution < -0.4 is 4.74 Å². The lowest BCUT2D eigenvalue weighted by Crippen LogP contribution is -2.26. The van der Waals surface area contributed by atoms with E-state index in [9.17, 15) is 9.59 Å². The molecular formula is C21H20N2O4S. The molecule has 0 aliphatic rings. The van der Waals surface area contributed by atoms with Gasteiger partial charge in [0.05, 0.1) is 23.9 Å². The SMILES string of the molecule is COC(=O)c1ccc(CN(C)C(=O)c2cccc(OCc3cscn3)c2)cc1. The highest BCUT2D eigenvalue weighted by Crippen LogP contribution is 2.17. The minimum Gasteiger partial charge on any atom is -0.487 e. The summed E-state index contributed by atoms with van der Waals surface area (Å²) in [5, 5.41) is 1.92. The van der Waals surface area contributed by atoms with Gasteiger partial charge in [0.15, 0.2) is 0 Å². The summed E-state index contributed by atoms with van der Waals surface area (Å²) in [5.41, 5.74) is 4.55. The number of carbonyl (C=O) groups is 2. The monoisotopic (exact) mass is 396 g/mol. The Morgan fingerprint density at radius 1 is 1.11 bits per heavy atom. The molecule has 0 fully saturated rings. The van der Waals surface area contributed by atoms with Crippen molar-refractivity contribution in [2.24, 2.45) is 0 Å².